The van der Waals surface area contributed by atoms with Crippen molar-refractivity contribution in [3.63, 3.8) is 0 Å². The molecule has 1 aliphatic rings. The third-order valence-corrected chi connectivity index (χ3v) is 3.92. The van der Waals surface area contributed by atoms with Crippen molar-refractivity contribution in [2.45, 2.75) is 25.5 Å². The van der Waals surface area contributed by atoms with Crippen LogP contribution in [0, 0.1) is 6.92 Å². The molecule has 1 aromatic rings. The average molecular weight is 293 g/mol. The lowest BCUT2D eigenvalue weighted by Gasteiger charge is -2.30. The van der Waals surface area contributed by atoms with Crippen molar-refractivity contribution < 1.29 is 5.11 Å². The fraction of sp³-hybridized carbons (Fsp3) is 0.533. The second kappa shape index (κ2) is 6.08. The van der Waals surface area contributed by atoms with Gasteiger partial charge in [0.05, 0.1) is 6.10 Å². The summed E-state index contributed by atoms with van der Waals surface area (Å²) in [5.41, 5.74) is 8.95. The van der Waals surface area contributed by atoms with Crippen LogP contribution >= 0.6 is 12.2 Å². The van der Waals surface area contributed by atoms with Gasteiger partial charge in [0.15, 0.2) is 0 Å². The van der Waals surface area contributed by atoms with Gasteiger partial charge in [-0.1, -0.05) is 18.3 Å². The minimum Gasteiger partial charge on any atom is -0.391 e. The van der Waals surface area contributed by atoms with Crippen LogP contribution in [-0.4, -0.2) is 54.3 Å². The second-order valence-electron chi connectivity index (χ2n) is 5.84. The number of aliphatic hydroxyl groups excluding tert-OH is 1. The van der Waals surface area contributed by atoms with Crippen LogP contribution in [0.25, 0.3) is 0 Å². The Morgan fingerprint density at radius 2 is 2.20 bits per heavy atom. The summed E-state index contributed by atoms with van der Waals surface area (Å²) in [6.45, 7) is 3.60. The zero-order chi connectivity index (χ0) is 14.9. The minimum absolute atomic E-state index is 0.287. The summed E-state index contributed by atoms with van der Waals surface area (Å²) < 4.78 is 0. The van der Waals surface area contributed by atoms with E-state index in [1.807, 2.05) is 26.2 Å². The number of hydrogen-bond donors (Lipinski definition) is 2. The molecule has 2 atom stereocenters. The number of benzene rings is 1. The van der Waals surface area contributed by atoms with Crippen LogP contribution in [0.2, 0.25) is 0 Å². The molecular formula is C15H23N3OS. The highest BCUT2D eigenvalue weighted by Crippen LogP contribution is 2.30. The van der Waals surface area contributed by atoms with Gasteiger partial charge < -0.3 is 20.6 Å². The topological polar surface area (TPSA) is 52.7 Å². The highest BCUT2D eigenvalue weighted by atomic mass is 32.1. The highest BCUT2D eigenvalue weighted by molar-refractivity contribution is 7.80. The number of aryl methyl sites for hydroxylation is 1. The van der Waals surface area contributed by atoms with Crippen LogP contribution in [0.5, 0.6) is 0 Å². The largest absolute Gasteiger partial charge is 0.391 e. The van der Waals surface area contributed by atoms with E-state index in [1.54, 1.807) is 0 Å². The van der Waals surface area contributed by atoms with Gasteiger partial charge in [0.25, 0.3) is 0 Å². The molecule has 1 heterocycles. The highest BCUT2D eigenvalue weighted by Gasteiger charge is 2.32. The van der Waals surface area contributed by atoms with E-state index in [-0.39, 0.29) is 12.1 Å². The molecule has 2 rings (SSSR count). The quantitative estimate of drug-likeness (QED) is 0.815. The number of nitrogens with two attached hydrogens (primary N) is 1. The summed E-state index contributed by atoms with van der Waals surface area (Å²) in [5, 5.41) is 10.0. The van der Waals surface area contributed by atoms with E-state index in [0.717, 1.165) is 24.2 Å². The van der Waals surface area contributed by atoms with E-state index in [2.05, 4.69) is 22.8 Å². The Morgan fingerprint density at radius 3 is 2.80 bits per heavy atom. The summed E-state index contributed by atoms with van der Waals surface area (Å²) >= 11 is 5.16. The smallest absolute Gasteiger partial charge is 0.106 e. The van der Waals surface area contributed by atoms with Crippen molar-refractivity contribution in [2.75, 3.05) is 32.1 Å². The number of anilines is 1. The summed E-state index contributed by atoms with van der Waals surface area (Å²) in [6.07, 6.45) is 0.489. The fourth-order valence-electron chi connectivity index (χ4n) is 2.87. The van der Waals surface area contributed by atoms with Gasteiger partial charge >= 0.3 is 0 Å². The van der Waals surface area contributed by atoms with Gasteiger partial charge in [0, 0.05) is 30.4 Å². The number of hydrogen-bond acceptors (Lipinski definition) is 4. The lowest BCUT2D eigenvalue weighted by molar-refractivity contribution is 0.191. The molecule has 0 aliphatic carbocycles. The van der Waals surface area contributed by atoms with Gasteiger partial charge in [-0.15, -0.1) is 0 Å². The minimum atomic E-state index is -0.292. The molecule has 0 radical (unpaired) electrons. The molecule has 20 heavy (non-hydrogen) atoms. The van der Waals surface area contributed by atoms with Crippen LogP contribution in [-0.2, 0) is 0 Å². The van der Waals surface area contributed by atoms with Gasteiger partial charge in [0.1, 0.15) is 4.99 Å². The zero-order valence-corrected chi connectivity index (χ0v) is 13.2. The van der Waals surface area contributed by atoms with Crippen molar-refractivity contribution in [1.82, 2.24) is 4.90 Å². The van der Waals surface area contributed by atoms with E-state index >= 15 is 0 Å². The number of rotatable bonds is 4. The van der Waals surface area contributed by atoms with E-state index in [1.165, 1.54) is 5.56 Å². The van der Waals surface area contributed by atoms with E-state index in [0.29, 0.717) is 11.5 Å². The Kier molecular flexibility index (Phi) is 4.62. The average Bonchev–Trinajstić information content (AvgIpc) is 2.68. The maximum absolute atomic E-state index is 10.0. The van der Waals surface area contributed by atoms with Crippen molar-refractivity contribution in [3.8, 4) is 0 Å². The summed E-state index contributed by atoms with van der Waals surface area (Å²) in [4.78, 5) is 4.79. The molecule has 0 saturated carbocycles. The van der Waals surface area contributed by atoms with Crippen LogP contribution in [0.4, 0.5) is 5.69 Å². The standard InChI is InChI=1S/C15H23N3OS/c1-10-4-5-13(15(16)20)14(6-10)18-9-12(19)7-11(18)8-17(2)3/h4-6,11-12,19H,7-9H2,1-3H3,(H2,16,20). The molecule has 0 bridgehead atoms. The molecule has 1 aromatic carbocycles. The van der Waals surface area contributed by atoms with Crippen LogP contribution < -0.4 is 10.6 Å². The van der Waals surface area contributed by atoms with E-state index in [4.69, 9.17) is 18.0 Å². The third kappa shape index (κ3) is 3.29. The molecule has 0 aromatic heterocycles. The Hall–Kier alpha value is -1.17. The van der Waals surface area contributed by atoms with Crippen LogP contribution in [0.3, 0.4) is 0 Å². The molecular weight excluding hydrogens is 270 g/mol. The normalized spacial score (nSPS) is 22.6. The number of nitrogens with zero attached hydrogens (tertiary/aromatic N) is 2. The maximum Gasteiger partial charge on any atom is 0.106 e. The Morgan fingerprint density at radius 1 is 1.50 bits per heavy atom. The van der Waals surface area contributed by atoms with Gasteiger partial charge in [-0.25, -0.2) is 0 Å². The predicted molar refractivity (Wildman–Crippen MR) is 87.4 cm³/mol. The Labute approximate surface area is 126 Å². The molecule has 0 spiro atoms. The molecule has 1 fully saturated rings. The first kappa shape index (κ1) is 15.2. The summed E-state index contributed by atoms with van der Waals surface area (Å²) in [6, 6.07) is 6.39. The SMILES string of the molecule is Cc1ccc(C(N)=S)c(N2CC(O)CC2CN(C)C)c1. The molecule has 4 nitrogen and oxygen atoms in total. The lowest BCUT2D eigenvalue weighted by atomic mass is 10.1. The van der Waals surface area contributed by atoms with Crippen molar-refractivity contribution in [2.24, 2.45) is 5.73 Å². The van der Waals surface area contributed by atoms with Crippen molar-refractivity contribution in [1.29, 1.82) is 0 Å². The summed E-state index contributed by atoms with van der Waals surface area (Å²) in [7, 11) is 4.10. The Balaban J connectivity index is 2.37. The summed E-state index contributed by atoms with van der Waals surface area (Å²) in [5.74, 6) is 0. The van der Waals surface area contributed by atoms with Gasteiger partial charge in [-0.3, -0.25) is 0 Å². The molecule has 3 N–H and O–H groups in total. The van der Waals surface area contributed by atoms with Gasteiger partial charge in [0.2, 0.25) is 0 Å². The van der Waals surface area contributed by atoms with Crippen LogP contribution in [0.1, 0.15) is 17.5 Å². The van der Waals surface area contributed by atoms with E-state index in [9.17, 15) is 5.11 Å². The molecule has 1 aliphatic heterocycles. The van der Waals surface area contributed by atoms with Gasteiger partial charge in [-0.05, 0) is 45.1 Å². The predicted octanol–water partition coefficient (Wildman–Crippen LogP) is 1.13. The maximum atomic E-state index is 10.0. The monoisotopic (exact) mass is 293 g/mol. The molecule has 1 saturated heterocycles. The zero-order valence-electron chi connectivity index (χ0n) is 12.3. The number of β-amino-alcohol motifs (C(OH)–C–C–N with tert-alkyl or cyclic N) is 1. The lowest BCUT2D eigenvalue weighted by Crippen LogP contribution is -2.38. The third-order valence-electron chi connectivity index (χ3n) is 3.70. The number of likely N-dealkylation sites (N-methyl/N-ethyl adjacent to an activating group) is 1. The van der Waals surface area contributed by atoms with Crippen molar-refractivity contribution in [3.05, 3.63) is 29.3 Å². The Bertz CT molecular complexity index is 504. The fourth-order valence-corrected chi connectivity index (χ4v) is 3.04. The number of aliphatic hydroxyl groups is 1. The molecule has 110 valence electrons. The first-order valence-electron chi connectivity index (χ1n) is 6.88. The molecule has 2 unspecified atom stereocenters. The van der Waals surface area contributed by atoms with E-state index < -0.39 is 0 Å². The number of thiocarbonyl (C=S) groups is 1. The first-order chi connectivity index (χ1) is 9.38. The molecule has 0 amide bonds. The first-order valence-corrected chi connectivity index (χ1v) is 7.29. The van der Waals surface area contributed by atoms with Gasteiger partial charge in [-0.2, -0.15) is 0 Å². The second-order valence-corrected chi connectivity index (χ2v) is 6.28. The van der Waals surface area contributed by atoms with Crippen molar-refractivity contribution >= 4 is 22.9 Å². The molecule has 5 heteroatoms. The van der Waals surface area contributed by atoms with Crippen LogP contribution in [0.15, 0.2) is 18.2 Å².